The number of nitrogens with zero attached hydrogens (tertiary/aromatic N) is 1. The van der Waals surface area contributed by atoms with E-state index in [1.54, 1.807) is 0 Å². The number of hydrogen-bond donors (Lipinski definition) is 1. The summed E-state index contributed by atoms with van der Waals surface area (Å²) >= 11 is 1.85. The molecule has 1 N–H and O–H groups in total. The number of morpholine rings is 1. The predicted molar refractivity (Wildman–Crippen MR) is 63.4 cm³/mol. The molecule has 1 fully saturated rings. The molecule has 5 heteroatoms. The van der Waals surface area contributed by atoms with E-state index in [9.17, 15) is 4.79 Å². The number of nitrogens with one attached hydrogen (secondary N) is 1. The molecule has 2 amide bonds. The van der Waals surface area contributed by atoms with Crippen LogP contribution >= 0.6 is 11.8 Å². The molecule has 0 saturated carbocycles. The number of carbonyl (C=O) groups excluding carboxylic acids is 1. The van der Waals surface area contributed by atoms with E-state index in [0.717, 1.165) is 26.1 Å². The Morgan fingerprint density at radius 3 is 2.80 bits per heavy atom. The third-order valence-corrected chi connectivity index (χ3v) is 3.05. The summed E-state index contributed by atoms with van der Waals surface area (Å²) in [4.78, 5) is 13.4. The maximum atomic E-state index is 11.6. The molecule has 15 heavy (non-hydrogen) atoms. The molecule has 0 radical (unpaired) electrons. The second kappa shape index (κ2) is 7.82. The van der Waals surface area contributed by atoms with Crippen molar-refractivity contribution in [2.24, 2.45) is 0 Å². The van der Waals surface area contributed by atoms with Gasteiger partial charge in [-0.2, -0.15) is 11.8 Å². The van der Waals surface area contributed by atoms with Crippen LogP contribution in [0.3, 0.4) is 0 Å². The third-order valence-electron chi connectivity index (χ3n) is 2.35. The minimum Gasteiger partial charge on any atom is -0.378 e. The first-order valence-corrected chi connectivity index (χ1v) is 6.83. The van der Waals surface area contributed by atoms with Crippen LogP contribution in [-0.2, 0) is 4.74 Å². The zero-order valence-electron chi connectivity index (χ0n) is 9.33. The maximum Gasteiger partial charge on any atom is 0.317 e. The van der Waals surface area contributed by atoms with Crippen LogP contribution in [0.2, 0.25) is 0 Å². The summed E-state index contributed by atoms with van der Waals surface area (Å²) < 4.78 is 5.18. The van der Waals surface area contributed by atoms with Gasteiger partial charge in [0.25, 0.3) is 0 Å². The Bertz CT molecular complexity index is 184. The van der Waals surface area contributed by atoms with Crippen LogP contribution in [-0.4, -0.2) is 55.8 Å². The molecule has 0 aromatic heterocycles. The maximum absolute atomic E-state index is 11.6. The highest BCUT2D eigenvalue weighted by atomic mass is 32.2. The Kier molecular flexibility index (Phi) is 6.59. The molecule has 4 nitrogen and oxygen atoms in total. The number of carbonyl (C=O) groups is 1. The Balaban J connectivity index is 2.02. The van der Waals surface area contributed by atoms with E-state index >= 15 is 0 Å². The summed E-state index contributed by atoms with van der Waals surface area (Å²) in [5, 5.41) is 2.93. The van der Waals surface area contributed by atoms with E-state index < -0.39 is 0 Å². The summed E-state index contributed by atoms with van der Waals surface area (Å²) in [6.07, 6.45) is 4.34. The molecule has 0 aromatic carbocycles. The van der Waals surface area contributed by atoms with Gasteiger partial charge in [-0.1, -0.05) is 0 Å². The summed E-state index contributed by atoms with van der Waals surface area (Å²) in [5.74, 6) is 1.17. The molecule has 1 aliphatic rings. The normalized spacial score (nSPS) is 16.5. The lowest BCUT2D eigenvalue weighted by Crippen LogP contribution is -2.46. The highest BCUT2D eigenvalue weighted by molar-refractivity contribution is 7.98. The SMILES string of the molecule is CSCCCCNC(=O)N1CCOCC1. The van der Waals surface area contributed by atoms with E-state index in [1.807, 2.05) is 16.7 Å². The molecule has 88 valence electrons. The van der Waals surface area contributed by atoms with Crippen LogP contribution < -0.4 is 5.32 Å². The molecule has 1 aliphatic heterocycles. The first kappa shape index (κ1) is 12.6. The predicted octanol–water partition coefficient (Wildman–Crippen LogP) is 1.17. The van der Waals surface area contributed by atoms with Gasteiger partial charge in [0.1, 0.15) is 0 Å². The van der Waals surface area contributed by atoms with Crippen LogP contribution in [0.15, 0.2) is 0 Å². The van der Waals surface area contributed by atoms with Crippen molar-refractivity contribution >= 4 is 17.8 Å². The van der Waals surface area contributed by atoms with Crippen molar-refractivity contribution < 1.29 is 9.53 Å². The van der Waals surface area contributed by atoms with E-state index in [2.05, 4.69) is 11.6 Å². The summed E-state index contributed by atoms with van der Waals surface area (Å²) in [7, 11) is 0. The van der Waals surface area contributed by atoms with Crippen molar-refractivity contribution in [2.45, 2.75) is 12.8 Å². The molecular formula is C10H20N2O2S. The molecule has 1 rings (SSSR count). The van der Waals surface area contributed by atoms with Gasteiger partial charge < -0.3 is 15.0 Å². The molecule has 0 aromatic rings. The highest BCUT2D eigenvalue weighted by Gasteiger charge is 2.15. The van der Waals surface area contributed by atoms with E-state index in [0.29, 0.717) is 13.2 Å². The summed E-state index contributed by atoms with van der Waals surface area (Å²) in [6.45, 7) is 3.56. The lowest BCUT2D eigenvalue weighted by Gasteiger charge is -2.26. The third kappa shape index (κ3) is 5.28. The average molecular weight is 232 g/mol. The zero-order chi connectivity index (χ0) is 10.9. The minimum absolute atomic E-state index is 0.0578. The van der Waals surface area contributed by atoms with Gasteiger partial charge in [-0.05, 0) is 24.9 Å². The zero-order valence-corrected chi connectivity index (χ0v) is 10.1. The molecule has 1 heterocycles. The smallest absolute Gasteiger partial charge is 0.317 e. The van der Waals surface area contributed by atoms with Gasteiger partial charge in [-0.25, -0.2) is 4.79 Å². The van der Waals surface area contributed by atoms with Crippen molar-refractivity contribution in [1.29, 1.82) is 0 Å². The molecule has 0 bridgehead atoms. The van der Waals surface area contributed by atoms with E-state index in [1.165, 1.54) is 12.2 Å². The van der Waals surface area contributed by atoms with Gasteiger partial charge in [-0.15, -0.1) is 0 Å². The van der Waals surface area contributed by atoms with Gasteiger partial charge in [0.05, 0.1) is 13.2 Å². The molecule has 0 unspecified atom stereocenters. The topological polar surface area (TPSA) is 41.6 Å². The average Bonchev–Trinajstić information content (AvgIpc) is 2.30. The Hall–Kier alpha value is -0.420. The number of ether oxygens (including phenoxy) is 1. The summed E-state index contributed by atoms with van der Waals surface area (Å²) in [6, 6.07) is 0.0578. The number of unbranched alkanes of at least 4 members (excludes halogenated alkanes) is 1. The minimum atomic E-state index is 0.0578. The first-order chi connectivity index (χ1) is 7.34. The lowest BCUT2D eigenvalue weighted by molar-refractivity contribution is 0.0532. The fraction of sp³-hybridized carbons (Fsp3) is 0.900. The molecule has 1 saturated heterocycles. The fourth-order valence-corrected chi connectivity index (χ4v) is 1.94. The first-order valence-electron chi connectivity index (χ1n) is 5.44. The Morgan fingerprint density at radius 1 is 1.40 bits per heavy atom. The van der Waals surface area contributed by atoms with E-state index in [-0.39, 0.29) is 6.03 Å². The van der Waals surface area contributed by atoms with Gasteiger partial charge >= 0.3 is 6.03 Å². The van der Waals surface area contributed by atoms with Crippen LogP contribution in [0.5, 0.6) is 0 Å². The number of rotatable bonds is 5. The number of thioether (sulfide) groups is 1. The van der Waals surface area contributed by atoms with Gasteiger partial charge in [-0.3, -0.25) is 0 Å². The van der Waals surface area contributed by atoms with Crippen LogP contribution in [0.25, 0.3) is 0 Å². The van der Waals surface area contributed by atoms with E-state index in [4.69, 9.17) is 4.74 Å². The second-order valence-electron chi connectivity index (χ2n) is 3.53. The number of amides is 2. The quantitative estimate of drug-likeness (QED) is 0.724. The van der Waals surface area contributed by atoms with Gasteiger partial charge in [0.15, 0.2) is 0 Å². The second-order valence-corrected chi connectivity index (χ2v) is 4.52. The summed E-state index contributed by atoms with van der Waals surface area (Å²) in [5.41, 5.74) is 0. The van der Waals surface area contributed by atoms with Crippen molar-refractivity contribution in [3.05, 3.63) is 0 Å². The van der Waals surface area contributed by atoms with Crippen molar-refractivity contribution in [3.8, 4) is 0 Å². The highest BCUT2D eigenvalue weighted by Crippen LogP contribution is 1.99. The van der Waals surface area contributed by atoms with Gasteiger partial charge in [0, 0.05) is 19.6 Å². The standard InChI is InChI=1S/C10H20N2O2S/c1-15-9-3-2-4-11-10(13)12-5-7-14-8-6-12/h2-9H2,1H3,(H,11,13). The molecular weight excluding hydrogens is 212 g/mol. The van der Waals surface area contributed by atoms with Crippen LogP contribution in [0.4, 0.5) is 4.79 Å². The monoisotopic (exact) mass is 232 g/mol. The lowest BCUT2D eigenvalue weighted by atomic mass is 10.3. The van der Waals surface area contributed by atoms with Crippen molar-refractivity contribution in [3.63, 3.8) is 0 Å². The number of hydrogen-bond acceptors (Lipinski definition) is 3. The largest absolute Gasteiger partial charge is 0.378 e. The molecule has 0 aliphatic carbocycles. The Morgan fingerprint density at radius 2 is 2.13 bits per heavy atom. The van der Waals surface area contributed by atoms with Crippen LogP contribution in [0, 0.1) is 0 Å². The Labute approximate surface area is 95.7 Å². The van der Waals surface area contributed by atoms with Crippen molar-refractivity contribution in [1.82, 2.24) is 10.2 Å². The van der Waals surface area contributed by atoms with Gasteiger partial charge in [0.2, 0.25) is 0 Å². The molecule has 0 spiro atoms. The number of urea groups is 1. The van der Waals surface area contributed by atoms with Crippen LogP contribution in [0.1, 0.15) is 12.8 Å². The molecule has 0 atom stereocenters. The fourth-order valence-electron chi connectivity index (χ4n) is 1.44. The van der Waals surface area contributed by atoms with Crippen molar-refractivity contribution in [2.75, 3.05) is 44.9 Å².